The molecule has 5 heteroatoms. The van der Waals surface area contributed by atoms with Crippen LogP contribution in [-0.2, 0) is 14.3 Å². The van der Waals surface area contributed by atoms with Gasteiger partial charge in [-0.3, -0.25) is 0 Å². The molecular formula is C31H46O5. The number of aliphatic hydroxyl groups excluding tert-OH is 1. The van der Waals surface area contributed by atoms with Crippen molar-refractivity contribution < 1.29 is 24.5 Å². The number of aliphatic hydroxyl groups is 2. The minimum absolute atomic E-state index is 0.000922. The molecule has 2 N–H and O–H groups in total. The molecule has 4 rings (SSSR count). The standard InChI is InChI=1S/C31H46O5/c1-4-25-16-17-27-23(11-10-18-30(25,27)3)14-15-24-19-31(34,20-28(32)22(24)2)35-21-29(33)36-26-12-8-6-5-7-9-13-26/h14-16,26-28,32,34H,2,4-13,17-21H2,1,3H3/t27-,28?,30+,31-/m0/s1. The summed E-state index contributed by atoms with van der Waals surface area (Å²) >= 11 is 0. The van der Waals surface area contributed by atoms with Crippen molar-refractivity contribution in [2.75, 3.05) is 6.61 Å². The van der Waals surface area contributed by atoms with Gasteiger partial charge in [-0.2, -0.15) is 0 Å². The van der Waals surface area contributed by atoms with E-state index < -0.39 is 17.9 Å². The average molecular weight is 499 g/mol. The van der Waals surface area contributed by atoms with E-state index in [9.17, 15) is 15.0 Å². The lowest BCUT2D eigenvalue weighted by Crippen LogP contribution is -2.43. The molecule has 0 bridgehead atoms. The van der Waals surface area contributed by atoms with Crippen LogP contribution in [0.2, 0.25) is 0 Å². The summed E-state index contributed by atoms with van der Waals surface area (Å²) in [5, 5.41) is 21.8. The van der Waals surface area contributed by atoms with Gasteiger partial charge in [0.25, 0.3) is 0 Å². The minimum Gasteiger partial charge on any atom is -0.461 e. The maximum absolute atomic E-state index is 12.5. The molecule has 0 saturated heterocycles. The lowest BCUT2D eigenvalue weighted by Gasteiger charge is -2.41. The van der Waals surface area contributed by atoms with Gasteiger partial charge in [0.1, 0.15) is 12.7 Å². The van der Waals surface area contributed by atoms with Crippen molar-refractivity contribution in [3.63, 3.8) is 0 Å². The molecule has 1 unspecified atom stereocenters. The van der Waals surface area contributed by atoms with Crippen molar-refractivity contribution in [3.8, 4) is 0 Å². The summed E-state index contributed by atoms with van der Waals surface area (Å²) in [7, 11) is 0. The molecule has 36 heavy (non-hydrogen) atoms. The van der Waals surface area contributed by atoms with E-state index in [1.807, 2.05) is 6.08 Å². The SMILES string of the molecule is C=C1C(=CC=C2CCC[C@]3(C)C(CC)=CC[C@@H]23)C[C@](O)(OCC(=O)OC2CCCCCCC2)CC1O. The predicted octanol–water partition coefficient (Wildman–Crippen LogP) is 6.46. The second-order valence-electron chi connectivity index (χ2n) is 11.7. The van der Waals surface area contributed by atoms with Crippen molar-refractivity contribution in [3.05, 3.63) is 47.1 Å². The molecule has 3 saturated carbocycles. The van der Waals surface area contributed by atoms with E-state index in [1.165, 1.54) is 37.7 Å². The summed E-state index contributed by atoms with van der Waals surface area (Å²) in [6.45, 7) is 8.43. The largest absolute Gasteiger partial charge is 0.461 e. The highest BCUT2D eigenvalue weighted by atomic mass is 16.6. The third kappa shape index (κ3) is 6.23. The normalized spacial score (nSPS) is 36.3. The first-order chi connectivity index (χ1) is 17.2. The van der Waals surface area contributed by atoms with Crippen LogP contribution in [0.1, 0.15) is 104 Å². The lowest BCUT2D eigenvalue weighted by molar-refractivity contribution is -0.226. The van der Waals surface area contributed by atoms with Crippen LogP contribution in [0.4, 0.5) is 0 Å². The number of ether oxygens (including phenoxy) is 2. The molecule has 0 aromatic rings. The Kier molecular flexibility index (Phi) is 8.96. The quantitative estimate of drug-likeness (QED) is 0.250. The Hall–Kier alpha value is -1.69. The summed E-state index contributed by atoms with van der Waals surface area (Å²) in [5.41, 5.74) is 4.68. The van der Waals surface area contributed by atoms with Crippen molar-refractivity contribution in [2.45, 2.75) is 122 Å². The fourth-order valence-corrected chi connectivity index (χ4v) is 7.01. The number of esters is 1. The monoisotopic (exact) mass is 498 g/mol. The molecule has 0 heterocycles. The Morgan fingerprint density at radius 1 is 1.17 bits per heavy atom. The highest BCUT2D eigenvalue weighted by Gasteiger charge is 2.44. The molecule has 3 fully saturated rings. The molecule has 4 aliphatic rings. The Balaban J connectivity index is 1.39. The minimum atomic E-state index is -1.61. The molecule has 0 radical (unpaired) electrons. The molecular weight excluding hydrogens is 452 g/mol. The maximum atomic E-state index is 12.5. The molecule has 0 aromatic carbocycles. The summed E-state index contributed by atoms with van der Waals surface area (Å²) in [6.07, 6.45) is 19.1. The number of allylic oxidation sites excluding steroid dienone is 5. The van der Waals surface area contributed by atoms with Crippen LogP contribution in [0.15, 0.2) is 47.1 Å². The summed E-state index contributed by atoms with van der Waals surface area (Å²) in [6, 6.07) is 0. The first-order valence-corrected chi connectivity index (χ1v) is 14.3. The predicted molar refractivity (Wildman–Crippen MR) is 142 cm³/mol. The highest BCUT2D eigenvalue weighted by molar-refractivity contribution is 5.71. The number of fused-ring (bicyclic) bond motifs is 1. The maximum Gasteiger partial charge on any atom is 0.332 e. The van der Waals surface area contributed by atoms with Gasteiger partial charge in [0.2, 0.25) is 0 Å². The number of hydrogen-bond donors (Lipinski definition) is 2. The Labute approximate surface area is 217 Å². The second-order valence-corrected chi connectivity index (χ2v) is 11.7. The first-order valence-electron chi connectivity index (χ1n) is 14.3. The average Bonchev–Trinajstić information content (AvgIpc) is 3.17. The van der Waals surface area contributed by atoms with Crippen LogP contribution in [0.25, 0.3) is 0 Å². The van der Waals surface area contributed by atoms with Gasteiger partial charge >= 0.3 is 5.97 Å². The molecule has 0 amide bonds. The Morgan fingerprint density at radius 3 is 2.61 bits per heavy atom. The zero-order valence-corrected chi connectivity index (χ0v) is 22.4. The number of rotatable bonds is 6. The van der Waals surface area contributed by atoms with Crippen LogP contribution < -0.4 is 0 Å². The van der Waals surface area contributed by atoms with Crippen LogP contribution in [0.5, 0.6) is 0 Å². The van der Waals surface area contributed by atoms with Gasteiger partial charge in [-0.05, 0) is 80.3 Å². The first kappa shape index (κ1) is 27.3. The van der Waals surface area contributed by atoms with Crippen LogP contribution in [0, 0.1) is 11.3 Å². The second kappa shape index (κ2) is 11.8. The van der Waals surface area contributed by atoms with Crippen molar-refractivity contribution >= 4 is 5.97 Å². The fourth-order valence-electron chi connectivity index (χ4n) is 7.01. The molecule has 5 nitrogen and oxygen atoms in total. The topological polar surface area (TPSA) is 76.0 Å². The Bertz CT molecular complexity index is 906. The molecule has 4 aliphatic carbocycles. The van der Waals surface area contributed by atoms with Crippen molar-refractivity contribution in [2.24, 2.45) is 11.3 Å². The van der Waals surface area contributed by atoms with Crippen LogP contribution >= 0.6 is 0 Å². The van der Waals surface area contributed by atoms with Gasteiger partial charge in [-0.25, -0.2) is 4.79 Å². The van der Waals surface area contributed by atoms with E-state index in [-0.39, 0.29) is 31.0 Å². The van der Waals surface area contributed by atoms with Gasteiger partial charge in [-0.15, -0.1) is 0 Å². The number of hydrogen-bond acceptors (Lipinski definition) is 5. The van der Waals surface area contributed by atoms with E-state index in [2.05, 4.69) is 32.6 Å². The van der Waals surface area contributed by atoms with E-state index in [0.29, 0.717) is 11.5 Å². The highest BCUT2D eigenvalue weighted by Crippen LogP contribution is 2.55. The summed E-state index contributed by atoms with van der Waals surface area (Å²) < 4.78 is 11.3. The van der Waals surface area contributed by atoms with E-state index in [0.717, 1.165) is 50.5 Å². The molecule has 0 aromatic heterocycles. The van der Waals surface area contributed by atoms with Crippen LogP contribution in [-0.4, -0.2) is 40.8 Å². The number of carbonyl (C=O) groups excluding carboxylic acids is 1. The number of carbonyl (C=O) groups is 1. The van der Waals surface area contributed by atoms with E-state index in [1.54, 1.807) is 5.57 Å². The van der Waals surface area contributed by atoms with Crippen molar-refractivity contribution in [1.82, 2.24) is 0 Å². The zero-order chi connectivity index (χ0) is 25.8. The van der Waals surface area contributed by atoms with Gasteiger partial charge in [0.05, 0.1) is 6.10 Å². The van der Waals surface area contributed by atoms with Gasteiger partial charge < -0.3 is 19.7 Å². The molecule has 0 spiro atoms. The molecule has 4 atom stereocenters. The molecule has 0 aliphatic heterocycles. The fraction of sp³-hybridized carbons (Fsp3) is 0.710. The van der Waals surface area contributed by atoms with Crippen molar-refractivity contribution in [1.29, 1.82) is 0 Å². The van der Waals surface area contributed by atoms with Crippen LogP contribution in [0.3, 0.4) is 0 Å². The molecule has 200 valence electrons. The van der Waals surface area contributed by atoms with Gasteiger partial charge in [0, 0.05) is 12.8 Å². The lowest BCUT2D eigenvalue weighted by atomic mass is 9.64. The van der Waals surface area contributed by atoms with Gasteiger partial charge in [-0.1, -0.05) is 69.1 Å². The van der Waals surface area contributed by atoms with Gasteiger partial charge in [0.15, 0.2) is 5.79 Å². The van der Waals surface area contributed by atoms with E-state index in [4.69, 9.17) is 9.47 Å². The third-order valence-electron chi connectivity index (χ3n) is 9.19. The zero-order valence-electron chi connectivity index (χ0n) is 22.4. The summed E-state index contributed by atoms with van der Waals surface area (Å²) in [4.78, 5) is 12.5. The van der Waals surface area contributed by atoms with E-state index >= 15 is 0 Å². The summed E-state index contributed by atoms with van der Waals surface area (Å²) in [5.74, 6) is -1.53. The smallest absolute Gasteiger partial charge is 0.332 e. The Morgan fingerprint density at radius 2 is 1.89 bits per heavy atom. The third-order valence-corrected chi connectivity index (χ3v) is 9.19.